The van der Waals surface area contributed by atoms with Crippen molar-refractivity contribution < 1.29 is 23.9 Å². The molecule has 0 aliphatic heterocycles. The van der Waals surface area contributed by atoms with E-state index in [0.29, 0.717) is 0 Å². The molecule has 0 spiro atoms. The second kappa shape index (κ2) is 8.94. The third kappa shape index (κ3) is 5.77. The molecule has 7 nitrogen and oxygen atoms in total. The van der Waals surface area contributed by atoms with Crippen molar-refractivity contribution in [1.82, 2.24) is 0 Å². The van der Waals surface area contributed by atoms with Gasteiger partial charge in [0.25, 0.3) is 5.54 Å². The smallest absolute Gasteiger partial charge is 0.289 e. The summed E-state index contributed by atoms with van der Waals surface area (Å²) in [5, 5.41) is 21.3. The molecule has 8 heteroatoms. The lowest BCUT2D eigenvalue weighted by molar-refractivity contribution is -0.581. The van der Waals surface area contributed by atoms with Crippen LogP contribution in [0.5, 0.6) is 5.75 Å². The Bertz CT molecular complexity index is 584. The van der Waals surface area contributed by atoms with Gasteiger partial charge in [-0.05, 0) is 35.8 Å². The third-order valence-electron chi connectivity index (χ3n) is 4.99. The first-order valence-electron chi connectivity index (χ1n) is 8.57. The number of aliphatic hydroxyl groups excluding tert-OH is 1. The van der Waals surface area contributed by atoms with Gasteiger partial charge < -0.3 is 19.0 Å². The molecule has 26 heavy (non-hydrogen) atoms. The van der Waals surface area contributed by atoms with Gasteiger partial charge in [0, 0.05) is 4.92 Å². The molecule has 0 saturated heterocycles. The highest BCUT2D eigenvalue weighted by molar-refractivity contribution is 6.74. The molecule has 0 aliphatic carbocycles. The highest BCUT2D eigenvalue weighted by atomic mass is 28.4. The Morgan fingerprint density at radius 3 is 2.15 bits per heavy atom. The van der Waals surface area contributed by atoms with Gasteiger partial charge in [0.2, 0.25) is 0 Å². The zero-order valence-corrected chi connectivity index (χ0v) is 17.6. The molecule has 0 radical (unpaired) electrons. The lowest BCUT2D eigenvalue weighted by Gasteiger charge is -2.37. The Balaban J connectivity index is 2.74. The summed E-state index contributed by atoms with van der Waals surface area (Å²) in [6.45, 7) is 9.40. The molecule has 0 fully saturated rings. The van der Waals surface area contributed by atoms with Crippen LogP contribution in [0.2, 0.25) is 18.1 Å². The molecule has 1 aromatic rings. The average molecular weight is 386 g/mol. The van der Waals surface area contributed by atoms with E-state index in [2.05, 4.69) is 20.8 Å². The minimum Gasteiger partial charge on any atom is -0.497 e. The van der Waals surface area contributed by atoms with Crippen LogP contribution >= 0.6 is 0 Å². The first kappa shape index (κ1) is 22.6. The van der Waals surface area contributed by atoms with Crippen molar-refractivity contribution >= 4 is 8.32 Å². The summed E-state index contributed by atoms with van der Waals surface area (Å²) in [5.74, 6) is 0.728. The van der Waals surface area contributed by atoms with Crippen LogP contribution in [0, 0.1) is 10.1 Å². The summed E-state index contributed by atoms with van der Waals surface area (Å²) >= 11 is 0. The first-order chi connectivity index (χ1) is 12.0. The Labute approximate surface area is 156 Å². The normalized spacial score (nSPS) is 14.7. The minimum absolute atomic E-state index is 0.0747. The van der Waals surface area contributed by atoms with E-state index < -0.39 is 25.4 Å². The summed E-state index contributed by atoms with van der Waals surface area (Å²) < 4.78 is 16.6. The minimum atomic E-state index is -2.18. The van der Waals surface area contributed by atoms with Gasteiger partial charge in [0.05, 0.1) is 13.7 Å². The van der Waals surface area contributed by atoms with Crippen LogP contribution in [-0.2, 0) is 15.8 Å². The van der Waals surface area contributed by atoms with Crippen molar-refractivity contribution in [3.63, 3.8) is 0 Å². The van der Waals surface area contributed by atoms with Gasteiger partial charge in [-0.3, -0.25) is 10.1 Å². The first-order valence-corrected chi connectivity index (χ1v) is 11.5. The fourth-order valence-electron chi connectivity index (χ4n) is 1.91. The number of hydrogen-bond donors (Lipinski definition) is 1. The van der Waals surface area contributed by atoms with Crippen molar-refractivity contribution in [3.05, 3.63) is 39.9 Å². The SMILES string of the molecule is COc1ccc(COCC(CO)(CO[Si](C)(C)C(C)(C)C)[N+](=O)[O-])cc1. The molecule has 148 valence electrons. The molecular weight excluding hydrogens is 354 g/mol. The van der Waals surface area contributed by atoms with Gasteiger partial charge >= 0.3 is 0 Å². The number of aliphatic hydroxyl groups is 1. The molecule has 0 saturated carbocycles. The second-order valence-corrected chi connectivity index (χ2v) is 12.8. The van der Waals surface area contributed by atoms with E-state index >= 15 is 0 Å². The second-order valence-electron chi connectivity index (χ2n) is 8.03. The van der Waals surface area contributed by atoms with E-state index in [9.17, 15) is 15.2 Å². The highest BCUT2D eigenvalue weighted by Gasteiger charge is 2.47. The van der Waals surface area contributed by atoms with E-state index in [4.69, 9.17) is 13.9 Å². The Morgan fingerprint density at radius 2 is 1.73 bits per heavy atom. The van der Waals surface area contributed by atoms with Crippen LogP contribution < -0.4 is 4.74 Å². The van der Waals surface area contributed by atoms with E-state index in [1.807, 2.05) is 25.2 Å². The summed E-state index contributed by atoms with van der Waals surface area (Å²) in [7, 11) is -0.592. The molecule has 0 bridgehead atoms. The molecule has 0 aromatic heterocycles. The van der Waals surface area contributed by atoms with Gasteiger partial charge in [-0.15, -0.1) is 0 Å². The Morgan fingerprint density at radius 1 is 1.15 bits per heavy atom. The van der Waals surface area contributed by atoms with Crippen LogP contribution in [-0.4, -0.2) is 50.8 Å². The lowest BCUT2D eigenvalue weighted by Crippen LogP contribution is -2.54. The van der Waals surface area contributed by atoms with E-state index in [1.165, 1.54) is 0 Å². The number of ether oxygens (including phenoxy) is 2. The average Bonchev–Trinajstić information content (AvgIpc) is 2.57. The van der Waals surface area contributed by atoms with E-state index in [0.717, 1.165) is 11.3 Å². The number of methoxy groups -OCH3 is 1. The van der Waals surface area contributed by atoms with Crippen LogP contribution in [0.25, 0.3) is 0 Å². The largest absolute Gasteiger partial charge is 0.497 e. The van der Waals surface area contributed by atoms with Gasteiger partial charge in [0.1, 0.15) is 25.6 Å². The van der Waals surface area contributed by atoms with Crippen molar-refractivity contribution in [2.75, 3.05) is 26.9 Å². The highest BCUT2D eigenvalue weighted by Crippen LogP contribution is 2.37. The van der Waals surface area contributed by atoms with Gasteiger partial charge in [-0.2, -0.15) is 0 Å². The number of benzene rings is 1. The molecule has 1 rings (SSSR count). The number of nitro groups is 1. The summed E-state index contributed by atoms with van der Waals surface area (Å²) in [5.41, 5.74) is -0.798. The van der Waals surface area contributed by atoms with Gasteiger partial charge in [-0.25, -0.2) is 0 Å². The third-order valence-corrected chi connectivity index (χ3v) is 9.47. The monoisotopic (exact) mass is 385 g/mol. The fraction of sp³-hybridized carbons (Fsp3) is 0.667. The summed E-state index contributed by atoms with van der Waals surface area (Å²) in [4.78, 5) is 11.1. The number of nitrogens with zero attached hydrogens (tertiary/aromatic N) is 1. The van der Waals surface area contributed by atoms with Gasteiger partial charge in [0.15, 0.2) is 8.32 Å². The quantitative estimate of drug-likeness (QED) is 0.378. The van der Waals surface area contributed by atoms with E-state index in [-0.39, 0.29) is 24.9 Å². The standard InChI is InChI=1S/C18H31NO6Si/c1-17(2,3)26(5,6)25-14-18(12-20,19(21)22)13-24-11-15-7-9-16(23-4)10-8-15/h7-10,20H,11-14H2,1-6H3. The van der Waals surface area contributed by atoms with Crippen molar-refractivity contribution in [2.45, 2.75) is 51.0 Å². The maximum Gasteiger partial charge on any atom is 0.289 e. The summed E-state index contributed by atoms with van der Waals surface area (Å²) in [6, 6.07) is 7.26. The number of hydrogen-bond acceptors (Lipinski definition) is 6. The van der Waals surface area contributed by atoms with Crippen molar-refractivity contribution in [3.8, 4) is 5.75 Å². The molecule has 0 heterocycles. The van der Waals surface area contributed by atoms with Crippen molar-refractivity contribution in [1.29, 1.82) is 0 Å². The lowest BCUT2D eigenvalue weighted by atomic mass is 10.1. The maximum atomic E-state index is 11.6. The zero-order valence-electron chi connectivity index (χ0n) is 16.6. The zero-order chi connectivity index (χ0) is 20.0. The predicted octanol–water partition coefficient (Wildman–Crippen LogP) is 3.24. The Hall–Kier alpha value is -1.48. The Kier molecular flexibility index (Phi) is 7.76. The molecule has 0 amide bonds. The predicted molar refractivity (Wildman–Crippen MR) is 103 cm³/mol. The van der Waals surface area contributed by atoms with Crippen LogP contribution in [0.4, 0.5) is 0 Å². The molecular formula is C18H31NO6Si. The molecule has 1 N–H and O–H groups in total. The van der Waals surface area contributed by atoms with Gasteiger partial charge in [-0.1, -0.05) is 32.9 Å². The summed E-state index contributed by atoms with van der Waals surface area (Å²) in [6.07, 6.45) is 0. The fourth-order valence-corrected chi connectivity index (χ4v) is 2.97. The topological polar surface area (TPSA) is 91.1 Å². The van der Waals surface area contributed by atoms with E-state index in [1.54, 1.807) is 19.2 Å². The molecule has 1 atom stereocenters. The van der Waals surface area contributed by atoms with Crippen LogP contribution in [0.3, 0.4) is 0 Å². The maximum absolute atomic E-state index is 11.6. The molecule has 0 aliphatic rings. The molecule has 1 unspecified atom stereocenters. The van der Waals surface area contributed by atoms with Crippen LogP contribution in [0.1, 0.15) is 26.3 Å². The van der Waals surface area contributed by atoms with Crippen molar-refractivity contribution in [2.24, 2.45) is 0 Å². The van der Waals surface area contributed by atoms with Crippen LogP contribution in [0.15, 0.2) is 24.3 Å². The molecule has 1 aromatic carbocycles. The number of rotatable bonds is 10.